The van der Waals surface area contributed by atoms with Gasteiger partial charge in [0.15, 0.2) is 29.6 Å². The van der Waals surface area contributed by atoms with Crippen molar-refractivity contribution in [1.82, 2.24) is 5.43 Å². The number of nitrogens with zero attached hydrogens (tertiary/aromatic N) is 1. The lowest BCUT2D eigenvalue weighted by molar-refractivity contribution is -0.118. The van der Waals surface area contributed by atoms with Crippen molar-refractivity contribution < 1.29 is 28.5 Å². The number of ether oxygens (including phenoxy) is 4. The summed E-state index contributed by atoms with van der Waals surface area (Å²) in [5, 5.41) is 7.31. The molecule has 10 heteroatoms. The minimum Gasteiger partial charge on any atom is -0.493 e. The number of anilines is 1. The van der Waals surface area contributed by atoms with E-state index in [1.165, 1.54) is 13.3 Å². The number of carbonyl (C=O) groups is 2. The van der Waals surface area contributed by atoms with Gasteiger partial charge in [-0.3, -0.25) is 9.59 Å². The van der Waals surface area contributed by atoms with Crippen LogP contribution >= 0.6 is 11.6 Å². The molecular weight excluding hydrogens is 510 g/mol. The molecule has 0 unspecified atom stereocenters. The number of halogens is 1. The molecule has 0 aliphatic carbocycles. The van der Waals surface area contributed by atoms with Crippen molar-refractivity contribution >= 4 is 35.3 Å². The van der Waals surface area contributed by atoms with E-state index in [0.29, 0.717) is 58.0 Å². The maximum atomic E-state index is 12.6. The summed E-state index contributed by atoms with van der Waals surface area (Å²) in [6.07, 6.45) is 3.08. The van der Waals surface area contributed by atoms with Gasteiger partial charge in [0.05, 0.1) is 19.9 Å². The van der Waals surface area contributed by atoms with Gasteiger partial charge in [0.25, 0.3) is 11.8 Å². The van der Waals surface area contributed by atoms with Gasteiger partial charge in [-0.15, -0.1) is 0 Å². The summed E-state index contributed by atoms with van der Waals surface area (Å²) in [5.41, 5.74) is 4.09. The number of hydrogen-bond acceptors (Lipinski definition) is 7. The summed E-state index contributed by atoms with van der Waals surface area (Å²) in [7, 11) is 1.48. The van der Waals surface area contributed by atoms with Crippen LogP contribution in [0, 0.1) is 0 Å². The molecule has 0 aliphatic heterocycles. The van der Waals surface area contributed by atoms with Crippen LogP contribution in [-0.2, 0) is 4.79 Å². The minimum absolute atomic E-state index is 0.219. The Hall–Kier alpha value is -4.50. The van der Waals surface area contributed by atoms with Crippen LogP contribution in [0.15, 0.2) is 78.4 Å². The van der Waals surface area contributed by atoms with Gasteiger partial charge >= 0.3 is 0 Å². The van der Waals surface area contributed by atoms with Crippen molar-refractivity contribution in [2.24, 2.45) is 5.10 Å². The Morgan fingerprint density at radius 3 is 2.39 bits per heavy atom. The fourth-order valence-corrected chi connectivity index (χ4v) is 3.30. The van der Waals surface area contributed by atoms with Crippen molar-refractivity contribution in [3.8, 4) is 23.0 Å². The topological polar surface area (TPSA) is 107 Å². The number of methoxy groups -OCH3 is 1. The fraction of sp³-hybridized carbons (Fsp3) is 0.179. The highest BCUT2D eigenvalue weighted by molar-refractivity contribution is 6.30. The van der Waals surface area contributed by atoms with Gasteiger partial charge in [0.1, 0.15) is 6.61 Å². The predicted octanol–water partition coefficient (Wildman–Crippen LogP) is 5.09. The smallest absolute Gasteiger partial charge is 0.271 e. The van der Waals surface area contributed by atoms with Crippen LogP contribution in [-0.4, -0.2) is 45.0 Å². The van der Waals surface area contributed by atoms with Crippen LogP contribution in [0.1, 0.15) is 22.8 Å². The Bertz CT molecular complexity index is 1290. The Kier molecular flexibility index (Phi) is 10.6. The van der Waals surface area contributed by atoms with Crippen molar-refractivity contribution in [2.45, 2.75) is 6.92 Å². The van der Waals surface area contributed by atoms with E-state index in [4.69, 9.17) is 30.5 Å². The molecule has 0 saturated heterocycles. The Labute approximate surface area is 226 Å². The molecule has 2 N–H and O–H groups in total. The summed E-state index contributed by atoms with van der Waals surface area (Å²) in [6, 6.07) is 16.6. The van der Waals surface area contributed by atoms with Crippen LogP contribution in [0.25, 0.3) is 0 Å². The van der Waals surface area contributed by atoms with Crippen LogP contribution in [0.5, 0.6) is 23.0 Å². The largest absolute Gasteiger partial charge is 0.493 e. The quantitative estimate of drug-likeness (QED) is 0.178. The lowest BCUT2D eigenvalue weighted by Crippen LogP contribution is -2.20. The van der Waals surface area contributed by atoms with E-state index in [1.54, 1.807) is 66.7 Å². The number of nitrogens with one attached hydrogen (secondary N) is 2. The van der Waals surface area contributed by atoms with Crippen LogP contribution in [0.2, 0.25) is 5.02 Å². The molecule has 0 aromatic heterocycles. The number of hydrogen-bond donors (Lipinski definition) is 2. The van der Waals surface area contributed by atoms with Gasteiger partial charge in [-0.1, -0.05) is 24.3 Å². The molecule has 0 saturated carbocycles. The molecule has 0 aliphatic rings. The maximum Gasteiger partial charge on any atom is 0.271 e. The molecule has 198 valence electrons. The molecule has 3 aromatic carbocycles. The molecule has 38 heavy (non-hydrogen) atoms. The maximum absolute atomic E-state index is 12.6. The molecule has 0 fully saturated rings. The standard InChI is InChI=1S/C28H28ClN3O6/c1-4-14-37-24-13-7-20(16-26(24)36-5-2)28(34)32-30-17-19-6-12-23(25(15-19)35-3)38-18-27(33)31-22-10-8-21(29)9-11-22/h4,6-13,15-17H,1,5,14,18H2,2-3H3,(H,31,33)(H,32,34)/b30-17+. The average Bonchev–Trinajstić information content (AvgIpc) is 2.92. The number of carbonyl (C=O) groups excluding carboxylic acids is 2. The zero-order valence-electron chi connectivity index (χ0n) is 21.0. The van der Waals surface area contributed by atoms with Crippen LogP contribution in [0.4, 0.5) is 5.69 Å². The highest BCUT2D eigenvalue weighted by atomic mass is 35.5. The van der Waals surface area contributed by atoms with E-state index in [-0.39, 0.29) is 12.5 Å². The van der Waals surface area contributed by atoms with Crippen molar-refractivity contribution in [3.05, 3.63) is 89.5 Å². The van der Waals surface area contributed by atoms with Gasteiger partial charge in [0.2, 0.25) is 0 Å². The monoisotopic (exact) mass is 537 g/mol. The van der Waals surface area contributed by atoms with Gasteiger partial charge in [-0.2, -0.15) is 5.10 Å². The summed E-state index contributed by atoms with van der Waals surface area (Å²) >= 11 is 5.85. The second-order valence-corrected chi connectivity index (χ2v) is 8.08. The minimum atomic E-state index is -0.420. The molecule has 0 heterocycles. The van der Waals surface area contributed by atoms with Crippen molar-refractivity contribution in [2.75, 3.05) is 32.2 Å². The third-order valence-electron chi connectivity index (χ3n) is 4.92. The molecule has 0 bridgehead atoms. The van der Waals surface area contributed by atoms with E-state index in [9.17, 15) is 9.59 Å². The molecule has 2 amide bonds. The first-order valence-corrected chi connectivity index (χ1v) is 12.0. The lowest BCUT2D eigenvalue weighted by atomic mass is 10.2. The molecular formula is C28H28ClN3O6. The third kappa shape index (κ3) is 8.28. The SMILES string of the molecule is C=CCOc1ccc(C(=O)N/N=C/c2ccc(OCC(=O)Nc3ccc(Cl)cc3)c(OC)c2)cc1OCC. The first kappa shape index (κ1) is 28.1. The first-order chi connectivity index (χ1) is 18.4. The molecule has 3 aromatic rings. The van der Waals surface area contributed by atoms with Gasteiger partial charge < -0.3 is 24.3 Å². The first-order valence-electron chi connectivity index (χ1n) is 11.6. The Balaban J connectivity index is 1.58. The Morgan fingerprint density at radius 1 is 0.947 bits per heavy atom. The fourth-order valence-electron chi connectivity index (χ4n) is 3.17. The van der Waals surface area contributed by atoms with Crippen LogP contribution < -0.4 is 29.7 Å². The van der Waals surface area contributed by atoms with Crippen molar-refractivity contribution in [1.29, 1.82) is 0 Å². The zero-order valence-corrected chi connectivity index (χ0v) is 21.8. The van der Waals surface area contributed by atoms with Gasteiger partial charge in [0, 0.05) is 16.3 Å². The summed E-state index contributed by atoms with van der Waals surface area (Å²) < 4.78 is 22.1. The van der Waals surface area contributed by atoms with Crippen LogP contribution in [0.3, 0.4) is 0 Å². The van der Waals surface area contributed by atoms with E-state index < -0.39 is 5.91 Å². The summed E-state index contributed by atoms with van der Waals surface area (Å²) in [5.74, 6) is 0.988. The van der Waals surface area contributed by atoms with E-state index >= 15 is 0 Å². The van der Waals surface area contributed by atoms with Gasteiger partial charge in [-0.25, -0.2) is 5.43 Å². The highest BCUT2D eigenvalue weighted by Gasteiger charge is 2.12. The lowest BCUT2D eigenvalue weighted by Gasteiger charge is -2.12. The summed E-state index contributed by atoms with van der Waals surface area (Å²) in [6.45, 7) is 5.99. The second kappa shape index (κ2) is 14.3. The average molecular weight is 538 g/mol. The molecule has 0 radical (unpaired) electrons. The van der Waals surface area contributed by atoms with Gasteiger partial charge in [-0.05, 0) is 73.2 Å². The predicted molar refractivity (Wildman–Crippen MR) is 147 cm³/mol. The molecule has 0 atom stereocenters. The van der Waals surface area contributed by atoms with E-state index in [2.05, 4.69) is 22.4 Å². The molecule has 0 spiro atoms. The molecule has 9 nitrogen and oxygen atoms in total. The number of rotatable bonds is 13. The van der Waals surface area contributed by atoms with E-state index in [1.807, 2.05) is 6.92 Å². The Morgan fingerprint density at radius 2 is 1.68 bits per heavy atom. The second-order valence-electron chi connectivity index (χ2n) is 7.65. The third-order valence-corrected chi connectivity index (χ3v) is 5.17. The molecule has 3 rings (SSSR count). The van der Waals surface area contributed by atoms with Crippen molar-refractivity contribution in [3.63, 3.8) is 0 Å². The normalized spacial score (nSPS) is 10.5. The van der Waals surface area contributed by atoms with E-state index in [0.717, 1.165) is 0 Å². The highest BCUT2D eigenvalue weighted by Crippen LogP contribution is 2.29. The summed E-state index contributed by atoms with van der Waals surface area (Å²) in [4.78, 5) is 24.8. The number of hydrazone groups is 1. The number of amides is 2. The zero-order chi connectivity index (χ0) is 27.3. The number of benzene rings is 3.